The van der Waals surface area contributed by atoms with Gasteiger partial charge in [-0.2, -0.15) is 5.10 Å². The van der Waals surface area contributed by atoms with Gasteiger partial charge in [0.2, 0.25) is 0 Å². The van der Waals surface area contributed by atoms with Crippen LogP contribution in [-0.4, -0.2) is 15.9 Å². The van der Waals surface area contributed by atoms with E-state index in [9.17, 15) is 0 Å². The highest BCUT2D eigenvalue weighted by molar-refractivity contribution is 9.10. The van der Waals surface area contributed by atoms with Crippen LogP contribution in [-0.2, 0) is 7.05 Å². The molecule has 0 aliphatic carbocycles. The summed E-state index contributed by atoms with van der Waals surface area (Å²) in [5.74, 6) is 0.837. The van der Waals surface area contributed by atoms with E-state index in [1.54, 1.807) is 4.68 Å². The number of benzene rings is 1. The Morgan fingerprint density at radius 2 is 2.13 bits per heavy atom. The van der Waals surface area contributed by atoms with Crippen molar-refractivity contribution in [3.05, 3.63) is 22.8 Å². The molecular formula is C11H13BrN2O. The average molecular weight is 269 g/mol. The van der Waals surface area contributed by atoms with Crippen molar-refractivity contribution in [2.45, 2.75) is 20.0 Å². The Hall–Kier alpha value is -1.03. The maximum atomic E-state index is 5.70. The minimum absolute atomic E-state index is 0.163. The first-order chi connectivity index (χ1) is 7.08. The lowest BCUT2D eigenvalue weighted by molar-refractivity contribution is 0.245. The molecule has 0 N–H and O–H groups in total. The van der Waals surface area contributed by atoms with Gasteiger partial charge < -0.3 is 4.74 Å². The third-order valence-electron chi connectivity index (χ3n) is 2.06. The van der Waals surface area contributed by atoms with E-state index in [-0.39, 0.29) is 6.10 Å². The van der Waals surface area contributed by atoms with Gasteiger partial charge in [-0.1, -0.05) is 15.9 Å². The number of aryl methyl sites for hydroxylation is 1. The second-order valence-corrected chi connectivity index (χ2v) is 4.63. The van der Waals surface area contributed by atoms with Crippen molar-refractivity contribution >= 4 is 26.8 Å². The van der Waals surface area contributed by atoms with Crippen LogP contribution >= 0.6 is 15.9 Å². The Morgan fingerprint density at radius 3 is 2.80 bits per heavy atom. The topological polar surface area (TPSA) is 27.1 Å². The van der Waals surface area contributed by atoms with Crippen molar-refractivity contribution in [2.75, 3.05) is 0 Å². The van der Waals surface area contributed by atoms with Crippen molar-refractivity contribution in [3.8, 4) is 5.75 Å². The predicted molar refractivity (Wildman–Crippen MR) is 64.2 cm³/mol. The number of ether oxygens (including phenoxy) is 1. The molecule has 0 aliphatic heterocycles. The van der Waals surface area contributed by atoms with E-state index in [1.807, 2.05) is 39.2 Å². The SMILES string of the molecule is CC(C)Oc1ccc(Br)c2cn(C)nc12. The van der Waals surface area contributed by atoms with Crippen LogP contribution in [0.2, 0.25) is 0 Å². The van der Waals surface area contributed by atoms with Crippen LogP contribution in [0, 0.1) is 0 Å². The molecule has 3 nitrogen and oxygen atoms in total. The molecule has 0 aliphatic rings. The van der Waals surface area contributed by atoms with Gasteiger partial charge in [-0.3, -0.25) is 4.68 Å². The van der Waals surface area contributed by atoms with Crippen LogP contribution in [0.3, 0.4) is 0 Å². The highest BCUT2D eigenvalue weighted by Crippen LogP contribution is 2.30. The van der Waals surface area contributed by atoms with Gasteiger partial charge in [0.05, 0.1) is 6.10 Å². The molecule has 1 heterocycles. The Bertz CT molecular complexity index is 491. The summed E-state index contributed by atoms with van der Waals surface area (Å²) in [6.45, 7) is 4.02. The van der Waals surface area contributed by atoms with Crippen molar-refractivity contribution in [1.29, 1.82) is 0 Å². The Kier molecular flexibility index (Phi) is 2.69. The van der Waals surface area contributed by atoms with Crippen LogP contribution in [0.5, 0.6) is 5.75 Å². The molecular weight excluding hydrogens is 256 g/mol. The van der Waals surface area contributed by atoms with E-state index >= 15 is 0 Å². The van der Waals surface area contributed by atoms with E-state index in [0.29, 0.717) is 0 Å². The minimum atomic E-state index is 0.163. The van der Waals surface area contributed by atoms with Gasteiger partial charge in [0.15, 0.2) is 0 Å². The van der Waals surface area contributed by atoms with Gasteiger partial charge >= 0.3 is 0 Å². The summed E-state index contributed by atoms with van der Waals surface area (Å²) in [5.41, 5.74) is 0.903. The van der Waals surface area contributed by atoms with Crippen LogP contribution in [0.1, 0.15) is 13.8 Å². The van der Waals surface area contributed by atoms with Gasteiger partial charge in [0, 0.05) is 23.1 Å². The molecule has 0 spiro atoms. The van der Waals surface area contributed by atoms with Crippen molar-refractivity contribution in [1.82, 2.24) is 9.78 Å². The van der Waals surface area contributed by atoms with Crippen LogP contribution in [0.25, 0.3) is 10.9 Å². The molecule has 0 unspecified atom stereocenters. The van der Waals surface area contributed by atoms with Crippen LogP contribution in [0.4, 0.5) is 0 Å². The molecule has 4 heteroatoms. The highest BCUT2D eigenvalue weighted by atomic mass is 79.9. The Balaban J connectivity index is 2.60. The maximum absolute atomic E-state index is 5.70. The standard InChI is InChI=1S/C11H13BrN2O/c1-7(2)15-10-5-4-9(12)8-6-14(3)13-11(8)10/h4-7H,1-3H3. The van der Waals surface area contributed by atoms with Gasteiger partial charge in [-0.05, 0) is 26.0 Å². The van der Waals surface area contributed by atoms with Gasteiger partial charge in [-0.25, -0.2) is 0 Å². The molecule has 1 aromatic heterocycles. The zero-order valence-electron chi connectivity index (χ0n) is 8.99. The molecule has 0 bridgehead atoms. The molecule has 80 valence electrons. The molecule has 1 aromatic carbocycles. The van der Waals surface area contributed by atoms with Gasteiger partial charge in [0.25, 0.3) is 0 Å². The summed E-state index contributed by atoms with van der Waals surface area (Å²) < 4.78 is 8.54. The fourth-order valence-corrected chi connectivity index (χ4v) is 1.93. The third kappa shape index (κ3) is 2.00. The number of halogens is 1. The summed E-state index contributed by atoms with van der Waals surface area (Å²) in [5, 5.41) is 5.47. The van der Waals surface area contributed by atoms with E-state index in [2.05, 4.69) is 21.0 Å². The normalized spacial score (nSPS) is 11.3. The molecule has 0 radical (unpaired) electrons. The summed E-state index contributed by atoms with van der Waals surface area (Å²) in [7, 11) is 1.91. The monoisotopic (exact) mass is 268 g/mol. The fourth-order valence-electron chi connectivity index (χ4n) is 1.51. The van der Waals surface area contributed by atoms with Gasteiger partial charge in [0.1, 0.15) is 11.3 Å². The number of rotatable bonds is 2. The van der Waals surface area contributed by atoms with E-state index in [4.69, 9.17) is 4.74 Å². The summed E-state index contributed by atoms with van der Waals surface area (Å²) in [4.78, 5) is 0. The number of hydrogen-bond acceptors (Lipinski definition) is 2. The zero-order valence-corrected chi connectivity index (χ0v) is 10.6. The second kappa shape index (κ2) is 3.85. The van der Waals surface area contributed by atoms with Gasteiger partial charge in [-0.15, -0.1) is 0 Å². The lowest BCUT2D eigenvalue weighted by Crippen LogP contribution is -2.05. The minimum Gasteiger partial charge on any atom is -0.489 e. The van der Waals surface area contributed by atoms with E-state index in [1.165, 1.54) is 0 Å². The Labute approximate surface area is 97.2 Å². The molecule has 0 saturated heterocycles. The number of nitrogens with zero attached hydrogens (tertiary/aromatic N) is 2. The predicted octanol–water partition coefficient (Wildman–Crippen LogP) is 3.12. The molecule has 2 rings (SSSR count). The maximum Gasteiger partial charge on any atom is 0.147 e. The molecule has 0 amide bonds. The quantitative estimate of drug-likeness (QED) is 0.837. The smallest absolute Gasteiger partial charge is 0.147 e. The first-order valence-corrected chi connectivity index (χ1v) is 5.65. The highest BCUT2D eigenvalue weighted by Gasteiger charge is 2.10. The second-order valence-electron chi connectivity index (χ2n) is 3.78. The average Bonchev–Trinajstić information content (AvgIpc) is 2.52. The molecule has 2 aromatic rings. The lowest BCUT2D eigenvalue weighted by Gasteiger charge is -2.10. The van der Waals surface area contributed by atoms with E-state index in [0.717, 1.165) is 21.1 Å². The van der Waals surface area contributed by atoms with Crippen molar-refractivity contribution in [3.63, 3.8) is 0 Å². The van der Waals surface area contributed by atoms with Crippen molar-refractivity contribution < 1.29 is 4.74 Å². The summed E-state index contributed by atoms with van der Waals surface area (Å²) >= 11 is 3.50. The zero-order chi connectivity index (χ0) is 11.0. The molecule has 15 heavy (non-hydrogen) atoms. The summed E-state index contributed by atoms with van der Waals surface area (Å²) in [6, 6.07) is 3.93. The first kappa shape index (κ1) is 10.5. The van der Waals surface area contributed by atoms with Crippen LogP contribution in [0.15, 0.2) is 22.8 Å². The molecule has 0 atom stereocenters. The largest absolute Gasteiger partial charge is 0.489 e. The van der Waals surface area contributed by atoms with E-state index < -0.39 is 0 Å². The van der Waals surface area contributed by atoms with Crippen molar-refractivity contribution in [2.24, 2.45) is 7.05 Å². The third-order valence-corrected chi connectivity index (χ3v) is 2.75. The lowest BCUT2D eigenvalue weighted by atomic mass is 10.2. The molecule has 0 fully saturated rings. The fraction of sp³-hybridized carbons (Fsp3) is 0.364. The Morgan fingerprint density at radius 1 is 1.40 bits per heavy atom. The number of hydrogen-bond donors (Lipinski definition) is 0. The van der Waals surface area contributed by atoms with Crippen LogP contribution < -0.4 is 4.74 Å². The summed E-state index contributed by atoms with van der Waals surface area (Å²) in [6.07, 6.45) is 2.14. The first-order valence-electron chi connectivity index (χ1n) is 4.86. The molecule has 0 saturated carbocycles. The number of aromatic nitrogens is 2. The number of fused-ring (bicyclic) bond motifs is 1.